The molecule has 20 heavy (non-hydrogen) atoms. The summed E-state index contributed by atoms with van der Waals surface area (Å²) in [5.41, 5.74) is 0. The van der Waals surface area contributed by atoms with Crippen molar-refractivity contribution >= 4 is 11.6 Å². The van der Waals surface area contributed by atoms with Crippen LogP contribution in [0.2, 0.25) is 0 Å². The van der Waals surface area contributed by atoms with Crippen molar-refractivity contribution in [2.24, 2.45) is 0 Å². The third-order valence-electron chi connectivity index (χ3n) is 3.40. The number of hydrogen-bond acceptors (Lipinski definition) is 5. The van der Waals surface area contributed by atoms with Crippen molar-refractivity contribution in [1.82, 2.24) is 9.97 Å². The van der Waals surface area contributed by atoms with Crippen molar-refractivity contribution in [2.75, 3.05) is 30.3 Å². The van der Waals surface area contributed by atoms with E-state index in [0.717, 1.165) is 43.6 Å². The van der Waals surface area contributed by atoms with Crippen LogP contribution in [0.3, 0.4) is 0 Å². The fraction of sp³-hybridized carbons (Fsp3) is 0.733. The van der Waals surface area contributed by atoms with Gasteiger partial charge in [-0.15, -0.1) is 0 Å². The van der Waals surface area contributed by atoms with E-state index in [-0.39, 0.29) is 0 Å². The van der Waals surface area contributed by atoms with Crippen LogP contribution in [0, 0.1) is 0 Å². The van der Waals surface area contributed by atoms with Gasteiger partial charge in [-0.2, -0.15) is 0 Å². The molecular weight excluding hydrogens is 252 g/mol. The molecule has 0 bridgehead atoms. The molecule has 5 nitrogen and oxygen atoms in total. The zero-order chi connectivity index (χ0) is 14.4. The highest BCUT2D eigenvalue weighted by Crippen LogP contribution is 2.18. The molecule has 5 heteroatoms. The lowest BCUT2D eigenvalue weighted by Crippen LogP contribution is -2.27. The van der Waals surface area contributed by atoms with Crippen LogP contribution in [0.1, 0.15) is 51.8 Å². The molecule has 0 radical (unpaired) electrons. The lowest BCUT2D eigenvalue weighted by Gasteiger charge is -2.23. The van der Waals surface area contributed by atoms with E-state index < -0.39 is 0 Å². The van der Waals surface area contributed by atoms with Gasteiger partial charge < -0.3 is 15.4 Å². The standard InChI is InChI=1S/C15H26N4O/c1-4-16-13-9-14(19-15(18-13)11(2)3)17-10-12-7-5-6-8-20-12/h9,11-12H,4-8,10H2,1-3H3,(H2,16,17,18,19). The molecule has 1 saturated heterocycles. The third-order valence-corrected chi connectivity index (χ3v) is 3.40. The van der Waals surface area contributed by atoms with Crippen molar-refractivity contribution in [2.45, 2.75) is 52.1 Å². The summed E-state index contributed by atoms with van der Waals surface area (Å²) >= 11 is 0. The van der Waals surface area contributed by atoms with E-state index in [4.69, 9.17) is 4.74 Å². The summed E-state index contributed by atoms with van der Waals surface area (Å²) in [7, 11) is 0. The number of nitrogens with zero attached hydrogens (tertiary/aromatic N) is 2. The predicted molar refractivity (Wildman–Crippen MR) is 82.4 cm³/mol. The number of aromatic nitrogens is 2. The average Bonchev–Trinajstić information content (AvgIpc) is 2.46. The highest BCUT2D eigenvalue weighted by atomic mass is 16.5. The molecule has 0 saturated carbocycles. The SMILES string of the molecule is CCNc1cc(NCC2CCCCO2)nc(C(C)C)n1. The Morgan fingerprint density at radius 3 is 2.60 bits per heavy atom. The Bertz CT molecular complexity index is 416. The van der Waals surface area contributed by atoms with Crippen LogP contribution < -0.4 is 10.6 Å². The Labute approximate surface area is 121 Å². The van der Waals surface area contributed by atoms with Crippen LogP contribution in [0.4, 0.5) is 11.6 Å². The smallest absolute Gasteiger partial charge is 0.135 e. The summed E-state index contributed by atoms with van der Waals surface area (Å²) in [4.78, 5) is 9.11. The van der Waals surface area contributed by atoms with Gasteiger partial charge in [0, 0.05) is 31.7 Å². The Balaban J connectivity index is 2.01. The molecule has 2 heterocycles. The molecule has 2 rings (SSSR count). The van der Waals surface area contributed by atoms with Gasteiger partial charge in [-0.25, -0.2) is 9.97 Å². The van der Waals surface area contributed by atoms with Gasteiger partial charge in [0.1, 0.15) is 17.5 Å². The lowest BCUT2D eigenvalue weighted by atomic mass is 10.1. The van der Waals surface area contributed by atoms with Gasteiger partial charge in [-0.3, -0.25) is 0 Å². The van der Waals surface area contributed by atoms with E-state index >= 15 is 0 Å². The van der Waals surface area contributed by atoms with E-state index in [0.29, 0.717) is 12.0 Å². The first-order valence-electron chi connectivity index (χ1n) is 7.67. The van der Waals surface area contributed by atoms with E-state index in [1.54, 1.807) is 0 Å². The normalized spacial score (nSPS) is 19.1. The number of ether oxygens (including phenoxy) is 1. The number of rotatable bonds is 6. The molecule has 0 aliphatic carbocycles. The molecule has 112 valence electrons. The largest absolute Gasteiger partial charge is 0.376 e. The second kappa shape index (κ2) is 7.43. The van der Waals surface area contributed by atoms with Gasteiger partial charge in [-0.1, -0.05) is 13.8 Å². The number of nitrogens with one attached hydrogen (secondary N) is 2. The number of hydrogen-bond donors (Lipinski definition) is 2. The van der Waals surface area contributed by atoms with Crippen LogP contribution in [0.15, 0.2) is 6.07 Å². The predicted octanol–water partition coefficient (Wildman–Crippen LogP) is 3.01. The Hall–Kier alpha value is -1.36. The molecular formula is C15H26N4O. The minimum atomic E-state index is 0.309. The molecule has 2 N–H and O–H groups in total. The lowest BCUT2D eigenvalue weighted by molar-refractivity contribution is 0.0247. The van der Waals surface area contributed by atoms with Crippen molar-refractivity contribution < 1.29 is 4.74 Å². The first-order chi connectivity index (χ1) is 9.69. The quantitative estimate of drug-likeness (QED) is 0.837. The minimum Gasteiger partial charge on any atom is -0.376 e. The Morgan fingerprint density at radius 2 is 2.00 bits per heavy atom. The molecule has 0 amide bonds. The maximum atomic E-state index is 5.73. The molecule has 1 aromatic heterocycles. The van der Waals surface area contributed by atoms with Crippen molar-refractivity contribution in [1.29, 1.82) is 0 Å². The molecule has 1 aromatic rings. The van der Waals surface area contributed by atoms with E-state index in [2.05, 4.69) is 41.4 Å². The fourth-order valence-corrected chi connectivity index (χ4v) is 2.27. The first kappa shape index (κ1) is 15.0. The Morgan fingerprint density at radius 1 is 1.25 bits per heavy atom. The molecule has 1 aliphatic rings. The third kappa shape index (κ3) is 4.34. The number of anilines is 2. The summed E-state index contributed by atoms with van der Waals surface area (Å²) in [6.45, 7) is 8.86. The molecule has 1 fully saturated rings. The zero-order valence-corrected chi connectivity index (χ0v) is 12.8. The van der Waals surface area contributed by atoms with Crippen LogP contribution in [-0.4, -0.2) is 35.8 Å². The van der Waals surface area contributed by atoms with Crippen molar-refractivity contribution in [3.63, 3.8) is 0 Å². The molecule has 0 spiro atoms. The van der Waals surface area contributed by atoms with Gasteiger partial charge in [0.2, 0.25) is 0 Å². The van der Waals surface area contributed by atoms with E-state index in [9.17, 15) is 0 Å². The van der Waals surface area contributed by atoms with Crippen molar-refractivity contribution in [3.05, 3.63) is 11.9 Å². The summed E-state index contributed by atoms with van der Waals surface area (Å²) in [5, 5.41) is 6.65. The average molecular weight is 278 g/mol. The van der Waals surface area contributed by atoms with Gasteiger partial charge in [0.05, 0.1) is 6.10 Å². The summed E-state index contributed by atoms with van der Waals surface area (Å²) in [5.74, 6) is 2.96. The first-order valence-corrected chi connectivity index (χ1v) is 7.67. The minimum absolute atomic E-state index is 0.309. The molecule has 1 aliphatic heterocycles. The van der Waals surface area contributed by atoms with Gasteiger partial charge in [-0.05, 0) is 26.2 Å². The van der Waals surface area contributed by atoms with Crippen LogP contribution in [0.5, 0.6) is 0 Å². The molecule has 1 unspecified atom stereocenters. The second-order valence-electron chi connectivity index (χ2n) is 5.55. The van der Waals surface area contributed by atoms with Gasteiger partial charge in [0.25, 0.3) is 0 Å². The van der Waals surface area contributed by atoms with Crippen LogP contribution in [0.25, 0.3) is 0 Å². The summed E-state index contributed by atoms with van der Waals surface area (Å²) in [6.07, 6.45) is 3.89. The van der Waals surface area contributed by atoms with E-state index in [1.807, 2.05) is 6.07 Å². The topological polar surface area (TPSA) is 59.1 Å². The summed E-state index contributed by atoms with van der Waals surface area (Å²) in [6, 6.07) is 1.97. The monoisotopic (exact) mass is 278 g/mol. The highest BCUT2D eigenvalue weighted by molar-refractivity contribution is 5.47. The maximum absolute atomic E-state index is 5.73. The van der Waals surface area contributed by atoms with Gasteiger partial charge in [0.15, 0.2) is 0 Å². The molecule has 0 aromatic carbocycles. The molecule has 1 atom stereocenters. The van der Waals surface area contributed by atoms with Crippen LogP contribution >= 0.6 is 0 Å². The van der Waals surface area contributed by atoms with Gasteiger partial charge >= 0.3 is 0 Å². The fourth-order valence-electron chi connectivity index (χ4n) is 2.27. The van der Waals surface area contributed by atoms with Crippen LogP contribution in [-0.2, 0) is 4.74 Å². The van der Waals surface area contributed by atoms with Crippen molar-refractivity contribution in [3.8, 4) is 0 Å². The summed E-state index contributed by atoms with van der Waals surface area (Å²) < 4.78 is 5.73. The second-order valence-corrected chi connectivity index (χ2v) is 5.55. The maximum Gasteiger partial charge on any atom is 0.135 e. The zero-order valence-electron chi connectivity index (χ0n) is 12.8. The Kier molecular flexibility index (Phi) is 5.59. The highest BCUT2D eigenvalue weighted by Gasteiger charge is 2.14. The van der Waals surface area contributed by atoms with E-state index in [1.165, 1.54) is 12.8 Å².